The lowest BCUT2D eigenvalue weighted by Crippen LogP contribution is -2.22. The number of hydrogen-bond acceptors (Lipinski definition) is 2. The average Bonchev–Trinajstić information content (AvgIpc) is 2.33. The Bertz CT molecular complexity index is 657. The van der Waals surface area contributed by atoms with Crippen LogP contribution in [0, 0.1) is 5.82 Å². The first-order valence-corrected chi connectivity index (χ1v) is 5.97. The first-order chi connectivity index (χ1) is 8.49. The summed E-state index contributed by atoms with van der Waals surface area (Å²) in [5.74, 6) is -0.500. The SMILES string of the molecule is O=c1c(Cl)c(Cl)ncn1Cc1ccc(Cl)cc1F. The summed E-state index contributed by atoms with van der Waals surface area (Å²) in [5.41, 5.74) is -0.215. The molecule has 1 heterocycles. The van der Waals surface area contributed by atoms with Crippen LogP contribution in [0.2, 0.25) is 15.2 Å². The van der Waals surface area contributed by atoms with E-state index < -0.39 is 11.4 Å². The Morgan fingerprint density at radius 3 is 2.67 bits per heavy atom. The molecule has 0 amide bonds. The molecule has 0 fully saturated rings. The minimum Gasteiger partial charge on any atom is -0.293 e. The minimum atomic E-state index is -0.522. The lowest BCUT2D eigenvalue weighted by atomic mass is 10.2. The number of rotatable bonds is 2. The minimum absolute atomic E-state index is 0.00568. The van der Waals surface area contributed by atoms with Crippen LogP contribution in [0.3, 0.4) is 0 Å². The molecule has 0 aliphatic carbocycles. The van der Waals surface area contributed by atoms with Crippen molar-refractivity contribution in [1.29, 1.82) is 0 Å². The van der Waals surface area contributed by atoms with Crippen LogP contribution in [0.4, 0.5) is 4.39 Å². The topological polar surface area (TPSA) is 34.9 Å². The standard InChI is InChI=1S/C11H6Cl3FN2O/c12-7-2-1-6(8(15)3-7)4-17-5-16-10(14)9(13)11(17)18/h1-3,5H,4H2. The predicted molar refractivity (Wildman–Crippen MR) is 69.0 cm³/mol. The number of halogens is 4. The third-order valence-electron chi connectivity index (χ3n) is 2.30. The lowest BCUT2D eigenvalue weighted by Gasteiger charge is -2.07. The van der Waals surface area contributed by atoms with Crippen LogP contribution in [0.15, 0.2) is 29.3 Å². The van der Waals surface area contributed by atoms with Gasteiger partial charge in [-0.1, -0.05) is 40.9 Å². The molecule has 94 valence electrons. The summed E-state index contributed by atoms with van der Waals surface area (Å²) in [6, 6.07) is 4.20. The van der Waals surface area contributed by atoms with Crippen molar-refractivity contribution >= 4 is 34.8 Å². The molecule has 0 aliphatic rings. The highest BCUT2D eigenvalue weighted by Gasteiger charge is 2.10. The zero-order valence-electron chi connectivity index (χ0n) is 8.83. The van der Waals surface area contributed by atoms with Crippen LogP contribution in [0.5, 0.6) is 0 Å². The van der Waals surface area contributed by atoms with E-state index in [4.69, 9.17) is 34.8 Å². The molecule has 0 atom stereocenters. The van der Waals surface area contributed by atoms with Gasteiger partial charge in [0.25, 0.3) is 5.56 Å². The Kier molecular flexibility index (Phi) is 3.90. The summed E-state index contributed by atoms with van der Waals surface area (Å²) in [6.45, 7) is 0.00568. The van der Waals surface area contributed by atoms with Crippen molar-refractivity contribution < 1.29 is 4.39 Å². The Morgan fingerprint density at radius 1 is 1.28 bits per heavy atom. The molecule has 1 aromatic heterocycles. The van der Waals surface area contributed by atoms with Gasteiger partial charge in [0.15, 0.2) is 5.15 Å². The predicted octanol–water partition coefficient (Wildman–Crippen LogP) is 3.39. The highest BCUT2D eigenvalue weighted by molar-refractivity contribution is 6.40. The molecule has 1 aromatic carbocycles. The molecular formula is C11H6Cl3FN2O. The van der Waals surface area contributed by atoms with Gasteiger partial charge in [-0.05, 0) is 12.1 Å². The first-order valence-electron chi connectivity index (χ1n) is 4.83. The third kappa shape index (κ3) is 2.66. The second kappa shape index (κ2) is 5.26. The van der Waals surface area contributed by atoms with E-state index in [1.165, 1.54) is 29.1 Å². The van der Waals surface area contributed by atoms with Crippen LogP contribution < -0.4 is 5.56 Å². The van der Waals surface area contributed by atoms with E-state index in [1.54, 1.807) is 0 Å². The van der Waals surface area contributed by atoms with Crippen molar-refractivity contribution in [2.24, 2.45) is 0 Å². The lowest BCUT2D eigenvalue weighted by molar-refractivity contribution is 0.594. The Hall–Kier alpha value is -1.10. The summed E-state index contributed by atoms with van der Waals surface area (Å²) in [5, 5.41) is 0.0268. The zero-order valence-corrected chi connectivity index (χ0v) is 11.1. The maximum atomic E-state index is 13.6. The zero-order chi connectivity index (χ0) is 13.3. The molecule has 0 unspecified atom stereocenters. The highest BCUT2D eigenvalue weighted by Crippen LogP contribution is 2.16. The van der Waals surface area contributed by atoms with E-state index >= 15 is 0 Å². The van der Waals surface area contributed by atoms with E-state index in [0.717, 1.165) is 0 Å². The number of hydrogen-bond donors (Lipinski definition) is 0. The van der Waals surface area contributed by atoms with Gasteiger partial charge in [-0.15, -0.1) is 0 Å². The first kappa shape index (κ1) is 13.3. The maximum Gasteiger partial charge on any atom is 0.273 e. The van der Waals surface area contributed by atoms with Gasteiger partial charge in [-0.25, -0.2) is 9.37 Å². The molecular weight excluding hydrogens is 301 g/mol. The quantitative estimate of drug-likeness (QED) is 0.797. The van der Waals surface area contributed by atoms with Crippen LogP contribution in [-0.2, 0) is 6.54 Å². The normalized spacial score (nSPS) is 10.7. The molecule has 0 aliphatic heterocycles. The summed E-state index contributed by atoms with van der Waals surface area (Å²) in [6.07, 6.45) is 1.21. The van der Waals surface area contributed by atoms with Gasteiger partial charge in [0.2, 0.25) is 0 Å². The van der Waals surface area contributed by atoms with Crippen LogP contribution in [0.25, 0.3) is 0 Å². The fourth-order valence-electron chi connectivity index (χ4n) is 1.39. The number of nitrogens with zero attached hydrogens (tertiary/aromatic N) is 2. The Morgan fingerprint density at radius 2 is 2.00 bits per heavy atom. The van der Waals surface area contributed by atoms with Crippen molar-refractivity contribution in [2.75, 3.05) is 0 Å². The molecule has 2 rings (SSSR count). The van der Waals surface area contributed by atoms with Gasteiger partial charge in [0.1, 0.15) is 10.8 Å². The van der Waals surface area contributed by atoms with Crippen molar-refractivity contribution in [3.63, 3.8) is 0 Å². The van der Waals surface area contributed by atoms with Gasteiger partial charge >= 0.3 is 0 Å². The van der Waals surface area contributed by atoms with Gasteiger partial charge in [-0.3, -0.25) is 9.36 Å². The molecule has 18 heavy (non-hydrogen) atoms. The fourth-order valence-corrected chi connectivity index (χ4v) is 1.83. The molecule has 0 spiro atoms. The fraction of sp³-hybridized carbons (Fsp3) is 0.0909. The van der Waals surface area contributed by atoms with Crippen molar-refractivity contribution in [3.8, 4) is 0 Å². The van der Waals surface area contributed by atoms with E-state index in [2.05, 4.69) is 4.98 Å². The van der Waals surface area contributed by atoms with Gasteiger partial charge in [0.05, 0.1) is 12.9 Å². The monoisotopic (exact) mass is 306 g/mol. The third-order valence-corrected chi connectivity index (χ3v) is 3.26. The Balaban J connectivity index is 2.41. The Labute approximate surface area is 117 Å². The average molecular weight is 308 g/mol. The van der Waals surface area contributed by atoms with E-state index in [9.17, 15) is 9.18 Å². The second-order valence-electron chi connectivity index (χ2n) is 3.52. The summed E-state index contributed by atoms with van der Waals surface area (Å²) in [7, 11) is 0. The van der Waals surface area contributed by atoms with Crippen LogP contribution in [-0.4, -0.2) is 9.55 Å². The van der Waals surface area contributed by atoms with Gasteiger partial charge in [-0.2, -0.15) is 0 Å². The van der Waals surface area contributed by atoms with E-state index in [-0.39, 0.29) is 21.7 Å². The smallest absolute Gasteiger partial charge is 0.273 e. The summed E-state index contributed by atoms with van der Waals surface area (Å²) in [4.78, 5) is 15.5. The molecule has 0 saturated heterocycles. The molecule has 0 bridgehead atoms. The summed E-state index contributed by atoms with van der Waals surface area (Å²) < 4.78 is 14.7. The molecule has 0 radical (unpaired) electrons. The van der Waals surface area contributed by atoms with Crippen molar-refractivity contribution in [3.05, 3.63) is 61.5 Å². The van der Waals surface area contributed by atoms with Gasteiger partial charge < -0.3 is 0 Å². The number of benzene rings is 1. The van der Waals surface area contributed by atoms with Gasteiger partial charge in [0, 0.05) is 10.6 Å². The van der Waals surface area contributed by atoms with Crippen LogP contribution in [0.1, 0.15) is 5.56 Å². The largest absolute Gasteiger partial charge is 0.293 e. The number of aromatic nitrogens is 2. The maximum absolute atomic E-state index is 13.6. The molecule has 2 aromatic rings. The highest BCUT2D eigenvalue weighted by atomic mass is 35.5. The molecule has 7 heteroatoms. The molecule has 0 saturated carbocycles. The van der Waals surface area contributed by atoms with Crippen LogP contribution >= 0.6 is 34.8 Å². The summed E-state index contributed by atoms with van der Waals surface area (Å²) >= 11 is 16.9. The second-order valence-corrected chi connectivity index (χ2v) is 4.69. The van der Waals surface area contributed by atoms with Crippen molar-refractivity contribution in [1.82, 2.24) is 9.55 Å². The molecule has 3 nitrogen and oxygen atoms in total. The van der Waals surface area contributed by atoms with E-state index in [1.807, 2.05) is 0 Å². The van der Waals surface area contributed by atoms with Crippen molar-refractivity contribution in [2.45, 2.75) is 6.54 Å². The molecule has 0 N–H and O–H groups in total. The van der Waals surface area contributed by atoms with E-state index in [0.29, 0.717) is 5.56 Å².